The van der Waals surface area contributed by atoms with Gasteiger partial charge in [0.05, 0.1) is 4.47 Å². The zero-order valence-electron chi connectivity index (χ0n) is 11.2. The van der Waals surface area contributed by atoms with E-state index < -0.39 is 0 Å². The Kier molecular flexibility index (Phi) is 4.45. The van der Waals surface area contributed by atoms with Gasteiger partial charge in [-0.2, -0.15) is 0 Å². The molecule has 0 radical (unpaired) electrons. The summed E-state index contributed by atoms with van der Waals surface area (Å²) in [6.07, 6.45) is 2.08. The molecule has 0 aromatic heterocycles. The lowest BCUT2D eigenvalue weighted by atomic mass is 10.00. The van der Waals surface area contributed by atoms with Gasteiger partial charge in [-0.25, -0.2) is 9.18 Å². The molecule has 104 valence electrons. The Labute approximate surface area is 121 Å². The van der Waals surface area contributed by atoms with Crippen LogP contribution in [0.1, 0.15) is 25.3 Å². The second-order valence-electron chi connectivity index (χ2n) is 5.18. The van der Waals surface area contributed by atoms with Crippen molar-refractivity contribution in [1.29, 1.82) is 0 Å². The average molecular weight is 329 g/mol. The summed E-state index contributed by atoms with van der Waals surface area (Å²) in [4.78, 5) is 13.9. The van der Waals surface area contributed by atoms with Crippen LogP contribution in [0.4, 0.5) is 14.9 Å². The van der Waals surface area contributed by atoms with E-state index >= 15 is 0 Å². The number of piperidine rings is 1. The number of nitrogens with zero attached hydrogens (tertiary/aromatic N) is 1. The molecular formula is C14H18BrFN2O. The van der Waals surface area contributed by atoms with Crippen molar-refractivity contribution in [3.8, 4) is 0 Å². The summed E-state index contributed by atoms with van der Waals surface area (Å²) in [5.41, 5.74) is 1.37. The number of aryl methyl sites for hydroxylation is 1. The fourth-order valence-electron chi connectivity index (χ4n) is 2.19. The van der Waals surface area contributed by atoms with Gasteiger partial charge >= 0.3 is 6.03 Å². The molecule has 5 heteroatoms. The first-order valence-corrected chi connectivity index (χ1v) is 7.28. The number of halogens is 2. The highest BCUT2D eigenvalue weighted by Gasteiger charge is 2.20. The van der Waals surface area contributed by atoms with Crippen LogP contribution in [0.2, 0.25) is 0 Å². The minimum atomic E-state index is -0.317. The van der Waals surface area contributed by atoms with Crippen LogP contribution < -0.4 is 5.32 Å². The van der Waals surface area contributed by atoms with Gasteiger partial charge in [0, 0.05) is 18.8 Å². The number of hydrogen-bond acceptors (Lipinski definition) is 1. The maximum absolute atomic E-state index is 13.3. The van der Waals surface area contributed by atoms with E-state index in [2.05, 4.69) is 28.2 Å². The number of carbonyl (C=O) groups excluding carboxylic acids is 1. The molecule has 1 aromatic carbocycles. The molecule has 0 aliphatic carbocycles. The van der Waals surface area contributed by atoms with Crippen molar-refractivity contribution in [1.82, 2.24) is 4.90 Å². The second-order valence-corrected chi connectivity index (χ2v) is 6.04. The Bertz CT molecular complexity index is 485. The van der Waals surface area contributed by atoms with Gasteiger partial charge in [0.25, 0.3) is 0 Å². The number of nitrogens with one attached hydrogen (secondary N) is 1. The Morgan fingerprint density at radius 2 is 2.05 bits per heavy atom. The van der Waals surface area contributed by atoms with E-state index in [4.69, 9.17) is 0 Å². The number of hydrogen-bond donors (Lipinski definition) is 1. The van der Waals surface area contributed by atoms with Crippen molar-refractivity contribution in [3.05, 3.63) is 28.0 Å². The molecular weight excluding hydrogens is 311 g/mol. The van der Waals surface area contributed by atoms with Gasteiger partial charge in [0.15, 0.2) is 0 Å². The van der Waals surface area contributed by atoms with Crippen molar-refractivity contribution in [2.75, 3.05) is 18.4 Å². The molecule has 1 saturated heterocycles. The minimum absolute atomic E-state index is 0.103. The molecule has 0 unspecified atom stereocenters. The Balaban J connectivity index is 2.05. The Morgan fingerprint density at radius 1 is 1.42 bits per heavy atom. The fourth-order valence-corrected chi connectivity index (χ4v) is 2.53. The van der Waals surface area contributed by atoms with Crippen molar-refractivity contribution in [2.24, 2.45) is 5.92 Å². The topological polar surface area (TPSA) is 32.3 Å². The summed E-state index contributed by atoms with van der Waals surface area (Å²) < 4.78 is 13.7. The van der Waals surface area contributed by atoms with E-state index in [-0.39, 0.29) is 11.8 Å². The summed E-state index contributed by atoms with van der Waals surface area (Å²) in [5.74, 6) is 0.369. The summed E-state index contributed by atoms with van der Waals surface area (Å²) in [5, 5.41) is 2.85. The van der Waals surface area contributed by atoms with E-state index in [0.717, 1.165) is 31.5 Å². The lowest BCUT2D eigenvalue weighted by Gasteiger charge is -2.30. The monoisotopic (exact) mass is 328 g/mol. The van der Waals surface area contributed by atoms with Crippen LogP contribution in [0.15, 0.2) is 16.6 Å². The first-order chi connectivity index (χ1) is 8.97. The van der Waals surface area contributed by atoms with Crippen LogP contribution >= 0.6 is 15.9 Å². The molecule has 0 saturated carbocycles. The zero-order valence-corrected chi connectivity index (χ0v) is 12.8. The van der Waals surface area contributed by atoms with E-state index in [1.165, 1.54) is 6.07 Å². The smallest absolute Gasteiger partial charge is 0.321 e. The molecule has 3 nitrogen and oxygen atoms in total. The van der Waals surface area contributed by atoms with Crippen LogP contribution in [0, 0.1) is 18.7 Å². The summed E-state index contributed by atoms with van der Waals surface area (Å²) >= 11 is 3.13. The highest BCUT2D eigenvalue weighted by Crippen LogP contribution is 2.25. The number of benzene rings is 1. The van der Waals surface area contributed by atoms with Crippen LogP contribution in [0.25, 0.3) is 0 Å². The van der Waals surface area contributed by atoms with Gasteiger partial charge in [-0.05, 0) is 59.3 Å². The molecule has 0 atom stereocenters. The van der Waals surface area contributed by atoms with Gasteiger partial charge in [0.1, 0.15) is 5.82 Å². The normalized spacial score (nSPS) is 16.5. The van der Waals surface area contributed by atoms with Crippen molar-refractivity contribution >= 4 is 27.6 Å². The molecule has 1 N–H and O–H groups in total. The first-order valence-electron chi connectivity index (χ1n) is 6.49. The molecule has 0 bridgehead atoms. The summed E-state index contributed by atoms with van der Waals surface area (Å²) in [7, 11) is 0. The molecule has 2 rings (SSSR count). The molecule has 1 aromatic rings. The summed E-state index contributed by atoms with van der Waals surface area (Å²) in [6, 6.07) is 2.92. The standard InChI is InChI=1S/C14H18BrFN2O/c1-9-3-5-18(6-4-9)14(19)17-13-8-11(15)12(16)7-10(13)2/h7-9H,3-6H2,1-2H3,(H,17,19). The minimum Gasteiger partial charge on any atom is -0.325 e. The second kappa shape index (κ2) is 5.90. The Morgan fingerprint density at radius 3 is 2.68 bits per heavy atom. The lowest BCUT2D eigenvalue weighted by molar-refractivity contribution is 0.186. The van der Waals surface area contributed by atoms with Crippen molar-refractivity contribution in [2.45, 2.75) is 26.7 Å². The summed E-state index contributed by atoms with van der Waals surface area (Å²) in [6.45, 7) is 5.56. The van der Waals surface area contributed by atoms with E-state index in [0.29, 0.717) is 16.1 Å². The third kappa shape index (κ3) is 3.47. The average Bonchev–Trinajstić information content (AvgIpc) is 2.36. The maximum atomic E-state index is 13.3. The molecule has 1 fully saturated rings. The van der Waals surface area contributed by atoms with E-state index in [1.54, 1.807) is 13.0 Å². The number of carbonyl (C=O) groups is 1. The SMILES string of the molecule is Cc1cc(F)c(Br)cc1NC(=O)N1CCC(C)CC1. The third-order valence-corrected chi connectivity index (χ3v) is 4.19. The molecule has 1 heterocycles. The maximum Gasteiger partial charge on any atom is 0.321 e. The third-order valence-electron chi connectivity index (χ3n) is 3.58. The van der Waals surface area contributed by atoms with Crippen molar-refractivity contribution in [3.63, 3.8) is 0 Å². The highest BCUT2D eigenvalue weighted by atomic mass is 79.9. The van der Waals surface area contributed by atoms with Crippen molar-refractivity contribution < 1.29 is 9.18 Å². The number of urea groups is 1. The van der Waals surface area contributed by atoms with Crippen LogP contribution in [-0.4, -0.2) is 24.0 Å². The first kappa shape index (κ1) is 14.3. The van der Waals surface area contributed by atoms with Gasteiger partial charge in [-0.3, -0.25) is 0 Å². The molecule has 2 amide bonds. The predicted molar refractivity (Wildman–Crippen MR) is 77.8 cm³/mol. The molecule has 1 aliphatic heterocycles. The highest BCUT2D eigenvalue weighted by molar-refractivity contribution is 9.10. The number of anilines is 1. The number of rotatable bonds is 1. The van der Waals surface area contributed by atoms with E-state index in [9.17, 15) is 9.18 Å². The molecule has 0 spiro atoms. The molecule has 19 heavy (non-hydrogen) atoms. The molecule has 1 aliphatic rings. The lowest BCUT2D eigenvalue weighted by Crippen LogP contribution is -2.40. The largest absolute Gasteiger partial charge is 0.325 e. The van der Waals surface area contributed by atoms with E-state index in [1.807, 2.05) is 4.90 Å². The van der Waals surface area contributed by atoms with Crippen LogP contribution in [0.3, 0.4) is 0 Å². The number of likely N-dealkylation sites (tertiary alicyclic amines) is 1. The number of amides is 2. The fraction of sp³-hybridized carbons (Fsp3) is 0.500. The Hall–Kier alpha value is -1.10. The van der Waals surface area contributed by atoms with Gasteiger partial charge < -0.3 is 10.2 Å². The van der Waals surface area contributed by atoms with Gasteiger partial charge in [0.2, 0.25) is 0 Å². The quantitative estimate of drug-likeness (QED) is 0.824. The van der Waals surface area contributed by atoms with Crippen LogP contribution in [-0.2, 0) is 0 Å². The van der Waals surface area contributed by atoms with Gasteiger partial charge in [-0.1, -0.05) is 6.92 Å². The predicted octanol–water partition coefficient (Wildman–Crippen LogP) is 4.16. The zero-order chi connectivity index (χ0) is 14.0. The van der Waals surface area contributed by atoms with Crippen LogP contribution in [0.5, 0.6) is 0 Å². The van der Waals surface area contributed by atoms with Gasteiger partial charge in [-0.15, -0.1) is 0 Å².